The fourth-order valence-electron chi connectivity index (χ4n) is 4.03. The minimum absolute atomic E-state index is 0.0663. The van der Waals surface area contributed by atoms with Crippen molar-refractivity contribution < 1.29 is 4.39 Å². The number of aromatic nitrogens is 2. The maximum Gasteiger partial charge on any atom is 0.170 e. The molecule has 0 bridgehead atoms. The molecule has 1 aromatic carbocycles. The largest absolute Gasteiger partial charge is 0.352 e. The molecule has 1 fully saturated rings. The average molecular weight is 458 g/mol. The number of hydrogen-bond acceptors (Lipinski definition) is 3. The Morgan fingerprint density at radius 2 is 2.03 bits per heavy atom. The van der Waals surface area contributed by atoms with E-state index in [-0.39, 0.29) is 17.1 Å². The van der Waals surface area contributed by atoms with Gasteiger partial charge >= 0.3 is 0 Å². The normalized spacial score (nSPS) is 18.6. The van der Waals surface area contributed by atoms with Gasteiger partial charge in [-0.3, -0.25) is 4.98 Å². The van der Waals surface area contributed by atoms with Gasteiger partial charge in [0.1, 0.15) is 5.82 Å². The smallest absolute Gasteiger partial charge is 0.170 e. The number of nitrogens with zero attached hydrogens (tertiary/aromatic N) is 4. The van der Waals surface area contributed by atoms with Crippen LogP contribution < -0.4 is 5.32 Å². The molecule has 3 heterocycles. The van der Waals surface area contributed by atoms with E-state index < -0.39 is 5.82 Å². The fraction of sp³-hybridized carbons (Fsp3) is 0.304. The second-order valence-corrected chi connectivity index (χ2v) is 8.67. The molecule has 0 spiro atoms. The summed E-state index contributed by atoms with van der Waals surface area (Å²) >= 11 is 11.8. The Morgan fingerprint density at radius 1 is 1.19 bits per heavy atom. The Labute approximate surface area is 192 Å². The molecule has 8 heteroatoms. The molecule has 1 saturated heterocycles. The molecule has 1 N–H and O–H groups in total. The molecule has 4 rings (SSSR count). The lowest BCUT2D eigenvalue weighted by molar-refractivity contribution is 0.286. The maximum atomic E-state index is 13.8. The molecule has 0 amide bonds. The predicted octanol–water partition coefficient (Wildman–Crippen LogP) is 4.59. The lowest BCUT2D eigenvalue weighted by atomic mass is 10.0. The van der Waals surface area contributed by atoms with Crippen LogP contribution in [0.2, 0.25) is 5.02 Å². The lowest BCUT2D eigenvalue weighted by Gasteiger charge is -2.29. The van der Waals surface area contributed by atoms with E-state index in [4.69, 9.17) is 23.8 Å². The van der Waals surface area contributed by atoms with Gasteiger partial charge in [0, 0.05) is 30.3 Å². The Bertz CT molecular complexity index is 1060. The van der Waals surface area contributed by atoms with Crippen LogP contribution in [0.1, 0.15) is 29.9 Å². The summed E-state index contributed by atoms with van der Waals surface area (Å²) in [7, 11) is 4.14. The summed E-state index contributed by atoms with van der Waals surface area (Å²) < 4.78 is 15.8. The second-order valence-electron chi connectivity index (χ2n) is 7.88. The Balaban J connectivity index is 1.74. The van der Waals surface area contributed by atoms with Gasteiger partial charge in [-0.2, -0.15) is 0 Å². The van der Waals surface area contributed by atoms with Crippen LogP contribution in [0, 0.1) is 5.82 Å². The predicted molar refractivity (Wildman–Crippen MR) is 126 cm³/mol. The Morgan fingerprint density at radius 3 is 2.74 bits per heavy atom. The summed E-state index contributed by atoms with van der Waals surface area (Å²) in [4.78, 5) is 8.99. The first-order chi connectivity index (χ1) is 15.0. The average Bonchev–Trinajstić information content (AvgIpc) is 3.35. The van der Waals surface area contributed by atoms with Crippen LogP contribution in [-0.2, 0) is 0 Å². The number of benzene rings is 1. The molecule has 3 aromatic rings. The fourth-order valence-corrected chi connectivity index (χ4v) is 4.54. The summed E-state index contributed by atoms with van der Waals surface area (Å²) in [6, 6.07) is 14.6. The van der Waals surface area contributed by atoms with Gasteiger partial charge in [0.25, 0.3) is 0 Å². The van der Waals surface area contributed by atoms with Crippen molar-refractivity contribution in [2.75, 3.05) is 27.2 Å². The van der Waals surface area contributed by atoms with Gasteiger partial charge in [-0.15, -0.1) is 0 Å². The molecule has 31 heavy (non-hydrogen) atoms. The first-order valence-electron chi connectivity index (χ1n) is 10.2. The van der Waals surface area contributed by atoms with Gasteiger partial charge in [-0.25, -0.2) is 4.39 Å². The van der Waals surface area contributed by atoms with Crippen LogP contribution in [0.15, 0.2) is 60.9 Å². The highest BCUT2D eigenvalue weighted by Gasteiger charge is 2.40. The monoisotopic (exact) mass is 457 g/mol. The van der Waals surface area contributed by atoms with Crippen LogP contribution in [0.5, 0.6) is 0 Å². The highest BCUT2D eigenvalue weighted by Crippen LogP contribution is 2.39. The van der Waals surface area contributed by atoms with E-state index in [1.807, 2.05) is 35.0 Å². The third-order valence-electron chi connectivity index (χ3n) is 5.47. The Kier molecular flexibility index (Phi) is 6.55. The summed E-state index contributed by atoms with van der Waals surface area (Å²) in [6.07, 6.45) is 4.74. The van der Waals surface area contributed by atoms with Crippen molar-refractivity contribution in [3.63, 3.8) is 0 Å². The first-order valence-corrected chi connectivity index (χ1v) is 11.0. The molecule has 1 aliphatic heterocycles. The molecular weight excluding hydrogens is 433 g/mol. The van der Waals surface area contributed by atoms with Crippen molar-refractivity contribution in [3.8, 4) is 5.69 Å². The van der Waals surface area contributed by atoms with Gasteiger partial charge in [0.15, 0.2) is 5.11 Å². The van der Waals surface area contributed by atoms with Gasteiger partial charge in [-0.1, -0.05) is 17.7 Å². The maximum absolute atomic E-state index is 13.8. The van der Waals surface area contributed by atoms with E-state index in [0.29, 0.717) is 5.11 Å². The van der Waals surface area contributed by atoms with Gasteiger partial charge in [0.05, 0.1) is 22.8 Å². The van der Waals surface area contributed by atoms with Crippen molar-refractivity contribution in [3.05, 3.63) is 83.2 Å². The molecular formula is C23H25ClFN5S. The van der Waals surface area contributed by atoms with E-state index in [1.165, 1.54) is 6.07 Å². The molecule has 0 saturated carbocycles. The zero-order chi connectivity index (χ0) is 22.0. The summed E-state index contributed by atoms with van der Waals surface area (Å²) in [6.45, 7) is 1.78. The SMILES string of the molecule is CN(C)CCCN1C(=S)N[C@H](c2ccccn2)[C@H]1c1cccn1-c1ccc(F)c(Cl)c1. The van der Waals surface area contributed by atoms with Crippen LogP contribution in [0.25, 0.3) is 5.69 Å². The third kappa shape index (κ3) is 4.59. The first kappa shape index (κ1) is 21.7. The molecule has 5 nitrogen and oxygen atoms in total. The Hall–Kier alpha value is -2.48. The minimum Gasteiger partial charge on any atom is -0.352 e. The van der Waals surface area contributed by atoms with Crippen molar-refractivity contribution in [1.29, 1.82) is 0 Å². The van der Waals surface area contributed by atoms with Crippen molar-refractivity contribution in [2.45, 2.75) is 18.5 Å². The van der Waals surface area contributed by atoms with E-state index >= 15 is 0 Å². The summed E-state index contributed by atoms with van der Waals surface area (Å²) in [5.41, 5.74) is 2.77. The minimum atomic E-state index is -0.431. The highest BCUT2D eigenvalue weighted by molar-refractivity contribution is 7.80. The molecule has 1 aliphatic rings. The number of nitrogens with one attached hydrogen (secondary N) is 1. The van der Waals surface area contributed by atoms with Crippen LogP contribution in [0.4, 0.5) is 4.39 Å². The number of hydrogen-bond donors (Lipinski definition) is 1. The molecule has 2 aromatic heterocycles. The van der Waals surface area contributed by atoms with E-state index in [1.54, 1.807) is 18.3 Å². The lowest BCUT2D eigenvalue weighted by Crippen LogP contribution is -2.33. The molecule has 0 unspecified atom stereocenters. The van der Waals surface area contributed by atoms with Crippen molar-refractivity contribution in [1.82, 2.24) is 24.7 Å². The van der Waals surface area contributed by atoms with E-state index in [0.717, 1.165) is 36.6 Å². The van der Waals surface area contributed by atoms with Gasteiger partial charge in [-0.05, 0) is 81.7 Å². The van der Waals surface area contributed by atoms with E-state index in [2.05, 4.69) is 40.3 Å². The number of rotatable bonds is 7. The zero-order valence-electron chi connectivity index (χ0n) is 17.5. The van der Waals surface area contributed by atoms with Crippen LogP contribution in [-0.4, -0.2) is 51.6 Å². The van der Waals surface area contributed by atoms with Gasteiger partial charge in [0.2, 0.25) is 0 Å². The molecule has 0 radical (unpaired) electrons. The quantitative estimate of drug-likeness (QED) is 0.525. The zero-order valence-corrected chi connectivity index (χ0v) is 19.1. The van der Waals surface area contributed by atoms with Crippen LogP contribution >= 0.6 is 23.8 Å². The number of pyridine rings is 1. The van der Waals surface area contributed by atoms with Crippen molar-refractivity contribution in [2.24, 2.45) is 0 Å². The van der Waals surface area contributed by atoms with E-state index in [9.17, 15) is 4.39 Å². The summed E-state index contributed by atoms with van der Waals surface area (Å²) in [5, 5.41) is 4.29. The van der Waals surface area contributed by atoms with Crippen LogP contribution in [0.3, 0.4) is 0 Å². The van der Waals surface area contributed by atoms with Gasteiger partial charge < -0.3 is 19.7 Å². The highest BCUT2D eigenvalue weighted by atomic mass is 35.5. The van der Waals surface area contributed by atoms with Crippen molar-refractivity contribution >= 4 is 28.9 Å². The number of halogens is 2. The third-order valence-corrected chi connectivity index (χ3v) is 6.11. The topological polar surface area (TPSA) is 36.3 Å². The summed E-state index contributed by atoms with van der Waals surface area (Å²) in [5.74, 6) is -0.431. The second kappa shape index (κ2) is 9.34. The number of thiocarbonyl (C=S) groups is 1. The standard InChI is InChI=1S/C23H25ClFN5S/c1-28(2)12-6-14-30-22(21(27-23(30)31)19-7-3-4-11-26-19)20-8-5-13-29(20)16-9-10-18(25)17(24)15-16/h3-5,7-11,13,15,21-22H,6,12,14H2,1-2H3,(H,27,31)/t21-,22-/m1/s1. The molecule has 162 valence electrons. The molecule has 0 aliphatic carbocycles. The molecule has 2 atom stereocenters.